The number of halogens is 1. The van der Waals surface area contributed by atoms with Gasteiger partial charge in [0.15, 0.2) is 0 Å². The van der Waals surface area contributed by atoms with Gasteiger partial charge in [0, 0.05) is 6.42 Å². The number of hydrogen-bond acceptors (Lipinski definition) is 4. The fourth-order valence-corrected chi connectivity index (χ4v) is 3.92. The molecule has 0 radical (unpaired) electrons. The van der Waals surface area contributed by atoms with Gasteiger partial charge >= 0.3 is 0 Å². The van der Waals surface area contributed by atoms with Gasteiger partial charge in [-0.15, -0.1) is 0 Å². The average Bonchev–Trinajstić information content (AvgIpc) is 2.41. The molecule has 0 bridgehead atoms. The van der Waals surface area contributed by atoms with Gasteiger partial charge in [0.05, 0.1) is 10.6 Å². The fourth-order valence-electron chi connectivity index (χ4n) is 2.19. The van der Waals surface area contributed by atoms with E-state index in [0.29, 0.717) is 12.3 Å². The molecule has 1 heterocycles. The lowest BCUT2D eigenvalue weighted by Gasteiger charge is -2.20. The number of carbonyl (C=O) groups is 1. The Balaban J connectivity index is 2.00. The van der Waals surface area contributed by atoms with E-state index in [9.17, 15) is 17.6 Å². The second-order valence-electron chi connectivity index (χ2n) is 4.99. The maximum Gasteiger partial charge on any atom is 0.238 e. The van der Waals surface area contributed by atoms with E-state index >= 15 is 0 Å². The van der Waals surface area contributed by atoms with Gasteiger partial charge in [0.1, 0.15) is 5.82 Å². The lowest BCUT2D eigenvalue weighted by molar-refractivity contribution is -0.117. The quantitative estimate of drug-likeness (QED) is 0.882. The Bertz CT molecular complexity index is 628. The zero-order chi connectivity index (χ0) is 15.5. The van der Waals surface area contributed by atoms with E-state index in [1.54, 1.807) is 0 Å². The number of sulfonamides is 1. The zero-order valence-corrected chi connectivity index (χ0v) is 13.0. The molecule has 0 atom stereocenters. The van der Waals surface area contributed by atoms with Gasteiger partial charge in [0.25, 0.3) is 0 Å². The predicted octanol–water partition coefficient (Wildman–Crippen LogP) is 1.94. The SMILES string of the molecule is NS(=O)(=O)c1ccc(NC(=O)CC2CCSCC2)c(F)c1. The van der Waals surface area contributed by atoms with Crippen molar-refractivity contribution in [2.24, 2.45) is 11.1 Å². The summed E-state index contributed by atoms with van der Waals surface area (Å²) in [6.07, 6.45) is 2.34. The summed E-state index contributed by atoms with van der Waals surface area (Å²) < 4.78 is 36.0. The molecule has 1 amide bonds. The summed E-state index contributed by atoms with van der Waals surface area (Å²) in [5.41, 5.74) is -0.0300. The van der Waals surface area contributed by atoms with Crippen LogP contribution in [0.5, 0.6) is 0 Å². The fraction of sp³-hybridized carbons (Fsp3) is 0.462. The standard InChI is InChI=1S/C13H17FN2O3S2/c14-11-8-10(21(15,18)19)1-2-12(11)16-13(17)7-9-3-5-20-6-4-9/h1-2,8-9H,3-7H2,(H,16,17)(H2,15,18,19). The Labute approximate surface area is 127 Å². The van der Waals surface area contributed by atoms with Gasteiger partial charge in [-0.3, -0.25) is 4.79 Å². The van der Waals surface area contributed by atoms with Crippen LogP contribution in [0.4, 0.5) is 10.1 Å². The average molecular weight is 332 g/mol. The van der Waals surface area contributed by atoms with E-state index in [1.807, 2.05) is 11.8 Å². The molecule has 2 rings (SSSR count). The maximum absolute atomic E-state index is 13.8. The van der Waals surface area contributed by atoms with E-state index in [2.05, 4.69) is 5.32 Å². The molecule has 1 saturated heterocycles. The van der Waals surface area contributed by atoms with Crippen molar-refractivity contribution in [1.82, 2.24) is 0 Å². The molecule has 1 aromatic rings. The first-order chi connectivity index (χ1) is 9.86. The van der Waals surface area contributed by atoms with E-state index in [0.717, 1.165) is 30.4 Å². The van der Waals surface area contributed by atoms with Crippen LogP contribution >= 0.6 is 11.8 Å². The first-order valence-electron chi connectivity index (χ1n) is 6.56. The first-order valence-corrected chi connectivity index (χ1v) is 9.26. The topological polar surface area (TPSA) is 89.3 Å². The highest BCUT2D eigenvalue weighted by molar-refractivity contribution is 7.99. The van der Waals surface area contributed by atoms with Gasteiger partial charge in [-0.2, -0.15) is 11.8 Å². The molecule has 3 N–H and O–H groups in total. The molecule has 1 aliphatic rings. The predicted molar refractivity (Wildman–Crippen MR) is 81.1 cm³/mol. The summed E-state index contributed by atoms with van der Waals surface area (Å²) >= 11 is 1.88. The van der Waals surface area contributed by atoms with Gasteiger partial charge in [0.2, 0.25) is 15.9 Å². The van der Waals surface area contributed by atoms with Crippen LogP contribution in [0.3, 0.4) is 0 Å². The van der Waals surface area contributed by atoms with Crippen molar-refractivity contribution in [2.45, 2.75) is 24.2 Å². The highest BCUT2D eigenvalue weighted by Gasteiger charge is 2.18. The Morgan fingerprint density at radius 3 is 2.62 bits per heavy atom. The van der Waals surface area contributed by atoms with Gasteiger partial charge in [-0.1, -0.05) is 0 Å². The summed E-state index contributed by atoms with van der Waals surface area (Å²) in [4.78, 5) is 11.6. The molecular formula is C13H17FN2O3S2. The van der Waals surface area contributed by atoms with Gasteiger partial charge in [-0.25, -0.2) is 17.9 Å². The maximum atomic E-state index is 13.8. The number of nitrogens with two attached hydrogens (primary N) is 1. The van der Waals surface area contributed by atoms with Crippen molar-refractivity contribution in [2.75, 3.05) is 16.8 Å². The number of carbonyl (C=O) groups excluding carboxylic acids is 1. The van der Waals surface area contributed by atoms with Crippen LogP contribution in [0.1, 0.15) is 19.3 Å². The normalized spacial score (nSPS) is 16.7. The number of thioether (sulfide) groups is 1. The lowest BCUT2D eigenvalue weighted by atomic mass is 9.98. The molecule has 1 aliphatic heterocycles. The summed E-state index contributed by atoms with van der Waals surface area (Å²) in [7, 11) is -3.95. The Morgan fingerprint density at radius 2 is 2.05 bits per heavy atom. The molecule has 1 fully saturated rings. The molecule has 1 aromatic carbocycles. The number of benzene rings is 1. The van der Waals surface area contributed by atoms with E-state index < -0.39 is 15.8 Å². The zero-order valence-electron chi connectivity index (χ0n) is 11.3. The number of anilines is 1. The summed E-state index contributed by atoms with van der Waals surface area (Å²) in [5, 5.41) is 7.40. The second kappa shape index (κ2) is 6.76. The molecule has 0 aromatic heterocycles. The molecule has 0 spiro atoms. The van der Waals surface area contributed by atoms with Crippen LogP contribution in [0.25, 0.3) is 0 Å². The van der Waals surface area contributed by atoms with Crippen LogP contribution in [0.15, 0.2) is 23.1 Å². The third-order valence-corrected chi connectivity index (χ3v) is 5.32. The van der Waals surface area contributed by atoms with Crippen molar-refractivity contribution in [3.05, 3.63) is 24.0 Å². The summed E-state index contributed by atoms with van der Waals surface area (Å²) in [6, 6.07) is 3.19. The molecule has 5 nitrogen and oxygen atoms in total. The Hall–Kier alpha value is -1.12. The lowest BCUT2D eigenvalue weighted by Crippen LogP contribution is -2.20. The number of primary sulfonamides is 1. The van der Waals surface area contributed by atoms with Crippen LogP contribution in [-0.2, 0) is 14.8 Å². The number of hydrogen-bond donors (Lipinski definition) is 2. The number of amides is 1. The Kier molecular flexibility index (Phi) is 5.23. The van der Waals surface area contributed by atoms with Crippen molar-refractivity contribution >= 4 is 33.4 Å². The largest absolute Gasteiger partial charge is 0.324 e. The minimum Gasteiger partial charge on any atom is -0.324 e. The van der Waals surface area contributed by atoms with Gasteiger partial charge in [-0.05, 0) is 48.5 Å². The van der Waals surface area contributed by atoms with Crippen molar-refractivity contribution in [3.8, 4) is 0 Å². The van der Waals surface area contributed by atoms with Crippen LogP contribution < -0.4 is 10.5 Å². The third kappa shape index (κ3) is 4.69. The third-order valence-electron chi connectivity index (χ3n) is 3.36. The highest BCUT2D eigenvalue weighted by atomic mass is 32.2. The summed E-state index contributed by atoms with van der Waals surface area (Å²) in [5.74, 6) is 1.37. The minimum atomic E-state index is -3.95. The van der Waals surface area contributed by atoms with E-state index in [1.165, 1.54) is 12.1 Å². The smallest absolute Gasteiger partial charge is 0.238 e. The number of nitrogens with one attached hydrogen (secondary N) is 1. The van der Waals surface area contributed by atoms with Crippen LogP contribution in [0.2, 0.25) is 0 Å². The van der Waals surface area contributed by atoms with Crippen molar-refractivity contribution in [1.29, 1.82) is 0 Å². The second-order valence-corrected chi connectivity index (χ2v) is 7.78. The molecule has 8 heteroatoms. The van der Waals surface area contributed by atoms with E-state index in [4.69, 9.17) is 5.14 Å². The number of rotatable bonds is 4. The first kappa shape index (κ1) is 16.3. The molecule has 0 saturated carbocycles. The minimum absolute atomic E-state index is 0.0300. The molecule has 116 valence electrons. The van der Waals surface area contributed by atoms with Crippen LogP contribution in [-0.4, -0.2) is 25.8 Å². The monoisotopic (exact) mass is 332 g/mol. The molecule has 21 heavy (non-hydrogen) atoms. The molecule has 0 unspecified atom stereocenters. The highest BCUT2D eigenvalue weighted by Crippen LogP contribution is 2.26. The molecule has 0 aliphatic carbocycles. The van der Waals surface area contributed by atoms with Crippen molar-refractivity contribution in [3.63, 3.8) is 0 Å². The Morgan fingerprint density at radius 1 is 1.38 bits per heavy atom. The van der Waals surface area contributed by atoms with Crippen LogP contribution in [0, 0.1) is 11.7 Å². The van der Waals surface area contributed by atoms with E-state index in [-0.39, 0.29) is 16.5 Å². The molecular weight excluding hydrogens is 315 g/mol. The summed E-state index contributed by atoms with van der Waals surface area (Å²) in [6.45, 7) is 0. The van der Waals surface area contributed by atoms with Gasteiger partial charge < -0.3 is 5.32 Å². The van der Waals surface area contributed by atoms with Crippen molar-refractivity contribution < 1.29 is 17.6 Å².